The molecule has 2 aromatic heterocycles. The number of thiophene rings is 1. The number of aromatic nitrogens is 2. The van der Waals surface area contributed by atoms with E-state index in [4.69, 9.17) is 16.1 Å². The van der Waals surface area contributed by atoms with Crippen molar-refractivity contribution in [1.82, 2.24) is 19.3 Å². The van der Waals surface area contributed by atoms with Gasteiger partial charge in [0, 0.05) is 41.6 Å². The second-order valence-electron chi connectivity index (χ2n) is 6.80. The minimum atomic E-state index is -3.55. The van der Waals surface area contributed by atoms with Crippen LogP contribution < -0.4 is 0 Å². The van der Waals surface area contributed by atoms with Gasteiger partial charge in [0.25, 0.3) is 5.89 Å². The molecule has 154 valence electrons. The summed E-state index contributed by atoms with van der Waals surface area (Å²) in [6.07, 6.45) is 0. The molecule has 4 rings (SSSR count). The van der Waals surface area contributed by atoms with Gasteiger partial charge in [0.15, 0.2) is 0 Å². The standard InChI is InChI=1S/C19H21ClN4O3S2/c1-3-23-8-10-24(11-9-23)29(25,26)17-12-16(28-13(17)2)19-21-18(22-27-19)14-4-6-15(20)7-5-14/h4-7,12H,3,8-11H2,1-2H3. The van der Waals surface area contributed by atoms with Crippen LogP contribution in [0.4, 0.5) is 0 Å². The van der Waals surface area contributed by atoms with Gasteiger partial charge in [-0.1, -0.05) is 23.7 Å². The fourth-order valence-corrected chi connectivity index (χ4v) is 6.32. The van der Waals surface area contributed by atoms with E-state index in [1.54, 1.807) is 29.4 Å². The van der Waals surface area contributed by atoms with Gasteiger partial charge >= 0.3 is 0 Å². The molecule has 10 heteroatoms. The molecule has 1 aliphatic rings. The Labute approximate surface area is 179 Å². The third-order valence-electron chi connectivity index (χ3n) is 5.01. The van der Waals surface area contributed by atoms with Crippen molar-refractivity contribution in [2.24, 2.45) is 0 Å². The molecule has 0 saturated carbocycles. The Morgan fingerprint density at radius 2 is 1.86 bits per heavy atom. The van der Waals surface area contributed by atoms with Gasteiger partial charge in [-0.2, -0.15) is 9.29 Å². The topological polar surface area (TPSA) is 79.5 Å². The Balaban J connectivity index is 1.59. The zero-order valence-electron chi connectivity index (χ0n) is 16.1. The van der Waals surface area contributed by atoms with Crippen LogP contribution in [0, 0.1) is 6.92 Å². The van der Waals surface area contributed by atoms with Gasteiger partial charge in [-0.25, -0.2) is 8.42 Å². The summed E-state index contributed by atoms with van der Waals surface area (Å²) in [6, 6.07) is 8.77. The molecule has 0 N–H and O–H groups in total. The lowest BCUT2D eigenvalue weighted by atomic mass is 10.2. The third-order valence-corrected chi connectivity index (χ3v) is 8.45. The summed E-state index contributed by atoms with van der Waals surface area (Å²) in [4.78, 5) is 8.34. The lowest BCUT2D eigenvalue weighted by molar-refractivity contribution is 0.196. The molecule has 1 fully saturated rings. The number of halogens is 1. The average Bonchev–Trinajstić information content (AvgIpc) is 3.36. The van der Waals surface area contributed by atoms with Gasteiger partial charge in [-0.05, 0) is 43.8 Å². The normalized spacial score (nSPS) is 16.4. The van der Waals surface area contributed by atoms with Crippen LogP contribution in [0.1, 0.15) is 11.8 Å². The van der Waals surface area contributed by atoms with Crippen molar-refractivity contribution in [3.8, 4) is 22.2 Å². The first-order chi connectivity index (χ1) is 13.9. The molecule has 0 radical (unpaired) electrons. The van der Waals surface area contributed by atoms with Crippen molar-refractivity contribution < 1.29 is 12.9 Å². The summed E-state index contributed by atoms with van der Waals surface area (Å²) in [7, 11) is -3.55. The molecular weight excluding hydrogens is 432 g/mol. The van der Waals surface area contributed by atoms with Crippen molar-refractivity contribution >= 4 is 33.0 Å². The minimum Gasteiger partial charge on any atom is -0.333 e. The fourth-order valence-electron chi connectivity index (χ4n) is 3.29. The van der Waals surface area contributed by atoms with Crippen LogP contribution in [0.2, 0.25) is 5.02 Å². The number of benzene rings is 1. The molecule has 0 unspecified atom stereocenters. The van der Waals surface area contributed by atoms with E-state index in [2.05, 4.69) is 22.0 Å². The highest BCUT2D eigenvalue weighted by Crippen LogP contribution is 2.35. The van der Waals surface area contributed by atoms with Gasteiger partial charge in [0.2, 0.25) is 15.8 Å². The van der Waals surface area contributed by atoms with E-state index in [0.717, 1.165) is 25.2 Å². The SMILES string of the molecule is CCN1CCN(S(=O)(=O)c2cc(-c3nc(-c4ccc(Cl)cc4)no3)sc2C)CC1. The van der Waals surface area contributed by atoms with Crippen LogP contribution in [-0.2, 0) is 10.0 Å². The Morgan fingerprint density at radius 3 is 2.52 bits per heavy atom. The Hall–Kier alpha value is -1.78. The summed E-state index contributed by atoms with van der Waals surface area (Å²) in [5.74, 6) is 0.739. The summed E-state index contributed by atoms with van der Waals surface area (Å²) in [5, 5.41) is 4.64. The predicted octanol–water partition coefficient (Wildman–Crippen LogP) is 3.75. The zero-order chi connectivity index (χ0) is 20.6. The van der Waals surface area contributed by atoms with Crippen molar-refractivity contribution in [2.45, 2.75) is 18.7 Å². The smallest absolute Gasteiger partial charge is 0.268 e. The van der Waals surface area contributed by atoms with Crippen molar-refractivity contribution in [3.63, 3.8) is 0 Å². The Morgan fingerprint density at radius 1 is 1.17 bits per heavy atom. The molecule has 0 aliphatic carbocycles. The second kappa shape index (κ2) is 8.16. The number of hydrogen-bond acceptors (Lipinski definition) is 7. The molecule has 3 heterocycles. The van der Waals surface area contributed by atoms with E-state index in [9.17, 15) is 8.42 Å². The molecule has 0 bridgehead atoms. The van der Waals surface area contributed by atoms with Crippen molar-refractivity contribution in [2.75, 3.05) is 32.7 Å². The van der Waals surface area contributed by atoms with E-state index < -0.39 is 10.0 Å². The van der Waals surface area contributed by atoms with E-state index in [-0.39, 0.29) is 0 Å². The largest absolute Gasteiger partial charge is 0.333 e. The fraction of sp³-hybridized carbons (Fsp3) is 0.368. The zero-order valence-corrected chi connectivity index (χ0v) is 18.5. The summed E-state index contributed by atoms with van der Waals surface area (Å²) in [6.45, 7) is 7.33. The molecule has 0 amide bonds. The van der Waals surface area contributed by atoms with E-state index in [1.807, 2.05) is 12.1 Å². The number of likely N-dealkylation sites (N-methyl/N-ethyl adjacent to an activating group) is 1. The van der Waals surface area contributed by atoms with Crippen LogP contribution in [0.25, 0.3) is 22.2 Å². The van der Waals surface area contributed by atoms with Gasteiger partial charge in [0.05, 0.1) is 9.77 Å². The summed E-state index contributed by atoms with van der Waals surface area (Å²) < 4.78 is 33.2. The highest BCUT2D eigenvalue weighted by atomic mass is 35.5. The van der Waals surface area contributed by atoms with Crippen LogP contribution in [0.3, 0.4) is 0 Å². The monoisotopic (exact) mass is 452 g/mol. The van der Waals surface area contributed by atoms with Gasteiger partial charge in [-0.3, -0.25) is 0 Å². The number of nitrogens with zero attached hydrogens (tertiary/aromatic N) is 4. The number of hydrogen-bond donors (Lipinski definition) is 0. The summed E-state index contributed by atoms with van der Waals surface area (Å²) >= 11 is 7.26. The van der Waals surface area contributed by atoms with Crippen LogP contribution in [0.5, 0.6) is 0 Å². The van der Waals surface area contributed by atoms with Crippen LogP contribution >= 0.6 is 22.9 Å². The Bertz CT molecular complexity index is 1100. The number of piperazine rings is 1. The Kier molecular flexibility index (Phi) is 5.76. The molecule has 1 saturated heterocycles. The predicted molar refractivity (Wildman–Crippen MR) is 114 cm³/mol. The third kappa shape index (κ3) is 4.10. The van der Waals surface area contributed by atoms with Crippen LogP contribution in [0.15, 0.2) is 39.8 Å². The van der Waals surface area contributed by atoms with Gasteiger partial charge < -0.3 is 9.42 Å². The number of rotatable bonds is 5. The maximum absolute atomic E-state index is 13.1. The molecule has 29 heavy (non-hydrogen) atoms. The molecule has 0 spiro atoms. The highest BCUT2D eigenvalue weighted by molar-refractivity contribution is 7.89. The maximum atomic E-state index is 13.1. The van der Waals surface area contributed by atoms with E-state index >= 15 is 0 Å². The molecule has 0 atom stereocenters. The van der Waals surface area contributed by atoms with Gasteiger partial charge in [-0.15, -0.1) is 11.3 Å². The molecule has 1 aromatic carbocycles. The van der Waals surface area contributed by atoms with E-state index in [1.165, 1.54) is 11.3 Å². The van der Waals surface area contributed by atoms with Crippen molar-refractivity contribution in [3.05, 3.63) is 40.2 Å². The van der Waals surface area contributed by atoms with E-state index in [0.29, 0.717) is 44.5 Å². The molecular formula is C19H21ClN4O3S2. The van der Waals surface area contributed by atoms with Gasteiger partial charge in [0.1, 0.15) is 0 Å². The first-order valence-corrected chi connectivity index (χ1v) is 11.9. The lowest BCUT2D eigenvalue weighted by Crippen LogP contribution is -2.48. The summed E-state index contributed by atoms with van der Waals surface area (Å²) in [5.41, 5.74) is 0.777. The number of sulfonamides is 1. The highest BCUT2D eigenvalue weighted by Gasteiger charge is 2.31. The molecule has 1 aliphatic heterocycles. The molecule has 3 aromatic rings. The second-order valence-corrected chi connectivity index (χ2v) is 10.4. The van der Waals surface area contributed by atoms with Crippen molar-refractivity contribution in [1.29, 1.82) is 0 Å². The molecule has 7 nitrogen and oxygen atoms in total. The number of aryl methyl sites for hydroxylation is 1. The minimum absolute atomic E-state index is 0.306. The average molecular weight is 453 g/mol. The first kappa shape index (κ1) is 20.5. The maximum Gasteiger partial charge on any atom is 0.268 e. The first-order valence-electron chi connectivity index (χ1n) is 9.31. The quantitative estimate of drug-likeness (QED) is 0.586. The van der Waals surface area contributed by atoms with Crippen LogP contribution in [-0.4, -0.2) is 60.5 Å². The lowest BCUT2D eigenvalue weighted by Gasteiger charge is -2.33.